The highest BCUT2D eigenvalue weighted by Gasteiger charge is 2.37. The van der Waals surface area contributed by atoms with Gasteiger partial charge in [-0.3, -0.25) is 14.9 Å². The molecule has 0 unspecified atom stereocenters. The Kier molecular flexibility index (Phi) is 7.13. The minimum absolute atomic E-state index is 0.0472. The molecule has 7 nitrogen and oxygen atoms in total. The third-order valence-electron chi connectivity index (χ3n) is 4.52. The molecule has 162 valence electrons. The zero-order chi connectivity index (χ0) is 23.3. The first-order valence-electron chi connectivity index (χ1n) is 9.44. The van der Waals surface area contributed by atoms with Gasteiger partial charge >= 0.3 is 6.03 Å². The molecule has 0 radical (unpaired) electrons. The summed E-state index contributed by atoms with van der Waals surface area (Å²) in [6.45, 7) is 3.79. The second-order valence-electron chi connectivity index (χ2n) is 6.63. The van der Waals surface area contributed by atoms with E-state index in [1.165, 1.54) is 13.2 Å². The van der Waals surface area contributed by atoms with E-state index in [9.17, 15) is 14.4 Å². The highest BCUT2D eigenvalue weighted by atomic mass is 79.9. The van der Waals surface area contributed by atoms with Crippen molar-refractivity contribution in [2.75, 3.05) is 18.6 Å². The number of amides is 4. The number of methoxy groups -OCH3 is 1. The molecule has 1 fully saturated rings. The lowest BCUT2D eigenvalue weighted by Crippen LogP contribution is -2.54. The second kappa shape index (κ2) is 9.98. The van der Waals surface area contributed by atoms with Gasteiger partial charge in [0.2, 0.25) is 0 Å². The molecule has 0 bridgehead atoms. The second-order valence-corrected chi connectivity index (χ2v) is 7.55. The third-order valence-corrected chi connectivity index (χ3v) is 5.01. The summed E-state index contributed by atoms with van der Waals surface area (Å²) in [5.41, 5.74) is 1.34. The van der Waals surface area contributed by atoms with Crippen LogP contribution in [0.15, 0.2) is 59.1 Å². The molecule has 3 rings (SSSR count). The Hall–Kier alpha value is -3.83. The zero-order valence-electron chi connectivity index (χ0n) is 17.2. The lowest BCUT2D eigenvalue weighted by Gasteiger charge is -2.26. The number of ether oxygens (including phenoxy) is 2. The SMILES string of the molecule is C#CCOc1c(CC=C)cc(/C=C2/C(=O)NC(=O)N(c3cccc(Br)c3)C2=O)cc1OC. The molecule has 1 heterocycles. The standard InChI is InChI=1S/C24H19BrN2O5/c1-4-7-16-11-15(13-20(31-3)21(16)32-10-5-2)12-19-22(28)26-24(30)27(23(19)29)18-9-6-8-17(25)14-18/h2,4,6,8-9,11-14H,1,7,10H2,3H3,(H,26,28,30)/b19-12-. The fourth-order valence-corrected chi connectivity index (χ4v) is 3.56. The Labute approximate surface area is 193 Å². The highest BCUT2D eigenvalue weighted by molar-refractivity contribution is 9.10. The van der Waals surface area contributed by atoms with Crippen molar-refractivity contribution in [2.24, 2.45) is 0 Å². The summed E-state index contributed by atoms with van der Waals surface area (Å²) in [6, 6.07) is 9.18. The maximum absolute atomic E-state index is 13.1. The van der Waals surface area contributed by atoms with Gasteiger partial charge in [0.05, 0.1) is 12.8 Å². The van der Waals surface area contributed by atoms with Crippen LogP contribution < -0.4 is 19.7 Å². The number of allylic oxidation sites excluding steroid dienone is 1. The van der Waals surface area contributed by atoms with Gasteiger partial charge in [0, 0.05) is 10.0 Å². The number of urea groups is 1. The maximum atomic E-state index is 13.1. The van der Waals surface area contributed by atoms with Crippen LogP contribution in [-0.4, -0.2) is 31.6 Å². The molecule has 2 aromatic carbocycles. The van der Waals surface area contributed by atoms with Gasteiger partial charge in [-0.2, -0.15) is 0 Å². The van der Waals surface area contributed by atoms with Crippen molar-refractivity contribution in [3.63, 3.8) is 0 Å². The van der Waals surface area contributed by atoms with Gasteiger partial charge in [0.1, 0.15) is 12.2 Å². The van der Waals surface area contributed by atoms with Crippen LogP contribution in [0.4, 0.5) is 10.5 Å². The van der Waals surface area contributed by atoms with E-state index in [1.54, 1.807) is 42.5 Å². The van der Waals surface area contributed by atoms with E-state index < -0.39 is 17.8 Å². The molecule has 0 atom stereocenters. The molecule has 32 heavy (non-hydrogen) atoms. The number of imide groups is 2. The largest absolute Gasteiger partial charge is 0.493 e. The predicted octanol–water partition coefficient (Wildman–Crippen LogP) is 3.86. The van der Waals surface area contributed by atoms with E-state index in [0.717, 1.165) is 4.90 Å². The Morgan fingerprint density at radius 1 is 1.25 bits per heavy atom. The van der Waals surface area contributed by atoms with Crippen LogP contribution in [0.5, 0.6) is 11.5 Å². The first-order chi connectivity index (χ1) is 15.4. The first-order valence-corrected chi connectivity index (χ1v) is 10.2. The number of barbiturate groups is 1. The lowest BCUT2D eigenvalue weighted by molar-refractivity contribution is -0.122. The van der Waals surface area contributed by atoms with E-state index in [-0.39, 0.29) is 12.2 Å². The summed E-state index contributed by atoms with van der Waals surface area (Å²) in [6.07, 6.45) is 8.81. The molecule has 1 aliphatic heterocycles. The van der Waals surface area contributed by atoms with Crippen LogP contribution in [0.1, 0.15) is 11.1 Å². The lowest BCUT2D eigenvalue weighted by atomic mass is 10.0. The van der Waals surface area contributed by atoms with Crippen molar-refractivity contribution in [3.8, 4) is 23.8 Å². The molecular formula is C24H19BrN2O5. The number of carbonyl (C=O) groups is 3. The first kappa shape index (κ1) is 22.8. The molecule has 4 amide bonds. The van der Waals surface area contributed by atoms with Crippen LogP contribution in [-0.2, 0) is 16.0 Å². The van der Waals surface area contributed by atoms with Gasteiger partial charge < -0.3 is 9.47 Å². The molecule has 0 saturated carbocycles. The van der Waals surface area contributed by atoms with Gasteiger partial charge in [-0.15, -0.1) is 13.0 Å². The minimum atomic E-state index is -0.821. The minimum Gasteiger partial charge on any atom is -0.493 e. The maximum Gasteiger partial charge on any atom is 0.335 e. The quantitative estimate of drug-likeness (QED) is 0.273. The molecule has 2 aromatic rings. The predicted molar refractivity (Wildman–Crippen MR) is 124 cm³/mol. The van der Waals surface area contributed by atoms with Gasteiger partial charge in [0.25, 0.3) is 11.8 Å². The smallest absolute Gasteiger partial charge is 0.335 e. The number of hydrogen-bond donors (Lipinski definition) is 1. The van der Waals surface area contributed by atoms with Gasteiger partial charge in [-0.05, 0) is 48.4 Å². The Balaban J connectivity index is 2.07. The number of benzene rings is 2. The fourth-order valence-electron chi connectivity index (χ4n) is 3.18. The van der Waals surface area contributed by atoms with Gasteiger partial charge in [0.15, 0.2) is 11.5 Å². The van der Waals surface area contributed by atoms with E-state index in [2.05, 4.69) is 33.7 Å². The van der Waals surface area contributed by atoms with Crippen molar-refractivity contribution < 1.29 is 23.9 Å². The number of halogens is 1. The summed E-state index contributed by atoms with van der Waals surface area (Å²) >= 11 is 3.32. The Morgan fingerprint density at radius 2 is 2.03 bits per heavy atom. The van der Waals surface area contributed by atoms with Crippen molar-refractivity contribution in [1.29, 1.82) is 0 Å². The number of nitrogens with zero attached hydrogens (tertiary/aromatic N) is 1. The number of carbonyl (C=O) groups excluding carboxylic acids is 3. The molecule has 0 spiro atoms. The average molecular weight is 495 g/mol. The third kappa shape index (κ3) is 4.74. The van der Waals surface area contributed by atoms with Crippen LogP contribution in [0.3, 0.4) is 0 Å². The topological polar surface area (TPSA) is 84.9 Å². The summed E-state index contributed by atoms with van der Waals surface area (Å²) in [4.78, 5) is 38.9. The van der Waals surface area contributed by atoms with Crippen LogP contribution in [0.2, 0.25) is 0 Å². The van der Waals surface area contributed by atoms with E-state index in [1.807, 2.05) is 0 Å². The molecule has 1 N–H and O–H groups in total. The summed E-state index contributed by atoms with van der Waals surface area (Å²) < 4.78 is 11.7. The highest BCUT2D eigenvalue weighted by Crippen LogP contribution is 2.35. The monoisotopic (exact) mass is 494 g/mol. The van der Waals surface area contributed by atoms with Crippen molar-refractivity contribution >= 4 is 45.5 Å². The van der Waals surface area contributed by atoms with Crippen LogP contribution >= 0.6 is 15.9 Å². The van der Waals surface area contributed by atoms with Gasteiger partial charge in [-0.1, -0.05) is 34.0 Å². The van der Waals surface area contributed by atoms with E-state index >= 15 is 0 Å². The van der Waals surface area contributed by atoms with Gasteiger partial charge in [-0.25, -0.2) is 9.69 Å². The molecule has 1 aliphatic rings. The Morgan fingerprint density at radius 3 is 2.69 bits per heavy atom. The van der Waals surface area contributed by atoms with Crippen molar-refractivity contribution in [3.05, 3.63) is 70.2 Å². The normalized spacial score (nSPS) is 14.7. The summed E-state index contributed by atoms with van der Waals surface area (Å²) in [5, 5.41) is 2.21. The van der Waals surface area contributed by atoms with E-state index in [4.69, 9.17) is 15.9 Å². The number of anilines is 1. The average Bonchev–Trinajstić information content (AvgIpc) is 2.75. The van der Waals surface area contributed by atoms with E-state index in [0.29, 0.717) is 39.2 Å². The van der Waals surface area contributed by atoms with Crippen molar-refractivity contribution in [1.82, 2.24) is 5.32 Å². The summed E-state index contributed by atoms with van der Waals surface area (Å²) in [7, 11) is 1.47. The molecule has 0 aromatic heterocycles. The van der Waals surface area contributed by atoms with Crippen LogP contribution in [0.25, 0.3) is 6.08 Å². The molecule has 0 aliphatic carbocycles. The molecular weight excluding hydrogens is 476 g/mol. The number of rotatable bonds is 7. The number of hydrogen-bond acceptors (Lipinski definition) is 5. The van der Waals surface area contributed by atoms with Crippen molar-refractivity contribution in [2.45, 2.75) is 6.42 Å². The van der Waals surface area contributed by atoms with Crippen LogP contribution in [0, 0.1) is 12.3 Å². The molecule has 1 saturated heterocycles. The summed E-state index contributed by atoms with van der Waals surface area (Å²) in [5.74, 6) is 1.71. The molecule has 8 heteroatoms. The fraction of sp³-hybridized carbons (Fsp3) is 0.125. The number of nitrogens with one attached hydrogen (secondary N) is 1. The Bertz CT molecular complexity index is 1180. The number of terminal acetylenes is 1. The zero-order valence-corrected chi connectivity index (χ0v) is 18.8.